The Labute approximate surface area is 115 Å². The van der Waals surface area contributed by atoms with Crippen LogP contribution in [0.1, 0.15) is 50.7 Å². The topological polar surface area (TPSA) is 50.9 Å². The van der Waals surface area contributed by atoms with Crippen molar-refractivity contribution in [3.63, 3.8) is 0 Å². The molecule has 2 aromatic heterocycles. The van der Waals surface area contributed by atoms with Crippen LogP contribution in [0.4, 0.5) is 0 Å². The minimum Gasteiger partial charge on any atom is -0.388 e. The summed E-state index contributed by atoms with van der Waals surface area (Å²) in [6.45, 7) is 8.89. The van der Waals surface area contributed by atoms with Gasteiger partial charge in [-0.25, -0.2) is 4.98 Å². The highest BCUT2D eigenvalue weighted by Gasteiger charge is 2.09. The molecule has 0 aliphatic carbocycles. The van der Waals surface area contributed by atoms with E-state index in [1.807, 2.05) is 36.7 Å². The lowest BCUT2D eigenvalue weighted by molar-refractivity contribution is 0.266. The van der Waals surface area contributed by atoms with Gasteiger partial charge in [-0.3, -0.25) is 4.98 Å². The predicted molar refractivity (Wildman–Crippen MR) is 76.9 cm³/mol. The number of aliphatic hydroxyl groups excluding tert-OH is 1. The normalized spacial score (nSPS) is 10.2. The van der Waals surface area contributed by atoms with E-state index in [0.29, 0.717) is 11.7 Å². The van der Waals surface area contributed by atoms with Crippen molar-refractivity contribution in [2.24, 2.45) is 0 Å². The van der Waals surface area contributed by atoms with Crippen LogP contribution >= 0.6 is 0 Å². The maximum Gasteiger partial charge on any atom is 0.135 e. The average molecular weight is 261 g/mol. The predicted octanol–water partition coefficient (Wildman–Crippen LogP) is 2.97. The third-order valence-electron chi connectivity index (χ3n) is 2.71. The Balaban J connectivity index is 0.000000861. The van der Waals surface area contributed by atoms with E-state index in [0.717, 1.165) is 17.8 Å². The van der Waals surface area contributed by atoms with E-state index in [2.05, 4.69) is 23.8 Å². The first kappa shape index (κ1) is 15.4. The molecule has 19 heavy (non-hydrogen) atoms. The lowest BCUT2D eigenvalue weighted by atomic mass is 10.2. The standard InChI is InChI=1S/C13H17N3O.C2H6/c1-10(2)12-8-16(13(9-17)15-12)7-11-3-5-14-6-4-11;1-2/h3-6,8,10,17H,7,9H2,1-2H3;1-2H3. The van der Waals surface area contributed by atoms with E-state index in [4.69, 9.17) is 0 Å². The molecule has 2 heterocycles. The maximum atomic E-state index is 9.30. The van der Waals surface area contributed by atoms with Crippen molar-refractivity contribution >= 4 is 0 Å². The molecule has 2 rings (SSSR count). The number of hydrogen-bond donors (Lipinski definition) is 1. The third kappa shape index (κ3) is 4.17. The molecule has 4 heteroatoms. The summed E-state index contributed by atoms with van der Waals surface area (Å²) in [4.78, 5) is 8.41. The first-order valence-corrected chi connectivity index (χ1v) is 6.76. The van der Waals surface area contributed by atoms with Crippen LogP contribution in [0.15, 0.2) is 30.7 Å². The molecule has 0 aromatic carbocycles. The summed E-state index contributed by atoms with van der Waals surface area (Å²) in [5.41, 5.74) is 2.17. The molecule has 0 unspecified atom stereocenters. The van der Waals surface area contributed by atoms with Gasteiger partial charge in [-0.1, -0.05) is 27.7 Å². The van der Waals surface area contributed by atoms with Crippen LogP contribution in [0.25, 0.3) is 0 Å². The summed E-state index contributed by atoms with van der Waals surface area (Å²) < 4.78 is 1.99. The molecule has 0 spiro atoms. The van der Waals surface area contributed by atoms with Crippen LogP contribution in [0, 0.1) is 0 Å². The van der Waals surface area contributed by atoms with Crippen molar-refractivity contribution in [1.82, 2.24) is 14.5 Å². The lowest BCUT2D eigenvalue weighted by Crippen LogP contribution is -2.03. The number of aromatic nitrogens is 3. The monoisotopic (exact) mass is 261 g/mol. The van der Waals surface area contributed by atoms with Crippen LogP contribution in [0.2, 0.25) is 0 Å². The Bertz CT molecular complexity index is 477. The van der Waals surface area contributed by atoms with Crippen LogP contribution in [0.3, 0.4) is 0 Å². The molecule has 0 aliphatic heterocycles. The summed E-state index contributed by atoms with van der Waals surface area (Å²) in [6.07, 6.45) is 5.55. The average Bonchev–Trinajstić information content (AvgIpc) is 2.85. The molecule has 2 aromatic rings. The molecule has 0 saturated heterocycles. The molecule has 1 N–H and O–H groups in total. The van der Waals surface area contributed by atoms with Gasteiger partial charge in [0.1, 0.15) is 12.4 Å². The number of hydrogen-bond acceptors (Lipinski definition) is 3. The molecule has 0 radical (unpaired) electrons. The zero-order valence-electron chi connectivity index (χ0n) is 12.2. The fourth-order valence-corrected chi connectivity index (χ4v) is 1.70. The SMILES string of the molecule is CC.CC(C)c1cn(Cc2ccncc2)c(CO)n1. The Kier molecular flexibility index (Phi) is 6.22. The van der Waals surface area contributed by atoms with E-state index in [9.17, 15) is 5.11 Å². The Morgan fingerprint density at radius 2 is 1.84 bits per heavy atom. The summed E-state index contributed by atoms with van der Waals surface area (Å²) in [5, 5.41) is 9.30. The fourth-order valence-electron chi connectivity index (χ4n) is 1.70. The second kappa shape index (κ2) is 7.69. The number of aliphatic hydroxyl groups is 1. The molecule has 0 atom stereocenters. The van der Waals surface area contributed by atoms with Crippen molar-refractivity contribution in [3.8, 4) is 0 Å². The third-order valence-corrected chi connectivity index (χ3v) is 2.71. The summed E-state index contributed by atoms with van der Waals surface area (Å²) in [7, 11) is 0. The van der Waals surface area contributed by atoms with Gasteiger partial charge in [0, 0.05) is 25.1 Å². The molecule has 0 saturated carbocycles. The number of pyridine rings is 1. The van der Waals surface area contributed by atoms with E-state index >= 15 is 0 Å². The second-order valence-corrected chi connectivity index (χ2v) is 4.38. The highest BCUT2D eigenvalue weighted by molar-refractivity contribution is 5.14. The minimum atomic E-state index is -0.0300. The van der Waals surface area contributed by atoms with Crippen LogP contribution in [0.5, 0.6) is 0 Å². The summed E-state index contributed by atoms with van der Waals surface area (Å²) in [5.74, 6) is 1.09. The quantitative estimate of drug-likeness (QED) is 0.920. The van der Waals surface area contributed by atoms with E-state index in [-0.39, 0.29) is 6.61 Å². The zero-order valence-corrected chi connectivity index (χ0v) is 12.2. The van der Waals surface area contributed by atoms with Crippen molar-refractivity contribution < 1.29 is 5.11 Å². The summed E-state index contributed by atoms with van der Waals surface area (Å²) in [6, 6.07) is 3.94. The van der Waals surface area contributed by atoms with E-state index < -0.39 is 0 Å². The molecular weight excluding hydrogens is 238 g/mol. The minimum absolute atomic E-state index is 0.0300. The number of imidazole rings is 1. The van der Waals surface area contributed by atoms with Crippen LogP contribution in [-0.2, 0) is 13.2 Å². The number of rotatable bonds is 4. The van der Waals surface area contributed by atoms with Crippen molar-refractivity contribution in [2.45, 2.75) is 46.8 Å². The first-order chi connectivity index (χ1) is 9.20. The van der Waals surface area contributed by atoms with Gasteiger partial charge in [0.2, 0.25) is 0 Å². The van der Waals surface area contributed by atoms with Gasteiger partial charge in [-0.05, 0) is 23.6 Å². The second-order valence-electron chi connectivity index (χ2n) is 4.38. The summed E-state index contributed by atoms with van der Waals surface area (Å²) >= 11 is 0. The first-order valence-electron chi connectivity index (χ1n) is 6.76. The Morgan fingerprint density at radius 1 is 1.21 bits per heavy atom. The largest absolute Gasteiger partial charge is 0.388 e. The van der Waals surface area contributed by atoms with Gasteiger partial charge in [0.15, 0.2) is 0 Å². The van der Waals surface area contributed by atoms with Crippen molar-refractivity contribution in [1.29, 1.82) is 0 Å². The van der Waals surface area contributed by atoms with Crippen molar-refractivity contribution in [3.05, 3.63) is 47.8 Å². The van der Waals surface area contributed by atoms with Crippen molar-refractivity contribution in [2.75, 3.05) is 0 Å². The van der Waals surface area contributed by atoms with E-state index in [1.54, 1.807) is 12.4 Å². The Morgan fingerprint density at radius 3 is 2.37 bits per heavy atom. The lowest BCUT2D eigenvalue weighted by Gasteiger charge is -2.05. The van der Waals surface area contributed by atoms with Gasteiger partial charge in [0.25, 0.3) is 0 Å². The fraction of sp³-hybridized carbons (Fsp3) is 0.467. The highest BCUT2D eigenvalue weighted by atomic mass is 16.3. The smallest absolute Gasteiger partial charge is 0.135 e. The van der Waals surface area contributed by atoms with Crippen LogP contribution in [-0.4, -0.2) is 19.6 Å². The number of nitrogens with zero attached hydrogens (tertiary/aromatic N) is 3. The maximum absolute atomic E-state index is 9.30. The van der Waals surface area contributed by atoms with Gasteiger partial charge < -0.3 is 9.67 Å². The highest BCUT2D eigenvalue weighted by Crippen LogP contribution is 2.15. The molecule has 0 aliphatic rings. The van der Waals surface area contributed by atoms with Crippen LogP contribution < -0.4 is 0 Å². The molecule has 0 amide bonds. The molecular formula is C15H23N3O. The molecule has 0 fully saturated rings. The molecule has 104 valence electrons. The molecule has 0 bridgehead atoms. The van der Waals surface area contributed by atoms with Gasteiger partial charge in [-0.15, -0.1) is 0 Å². The van der Waals surface area contributed by atoms with E-state index in [1.165, 1.54) is 0 Å². The Hall–Kier alpha value is -1.68. The molecule has 4 nitrogen and oxygen atoms in total. The zero-order chi connectivity index (χ0) is 14.3. The van der Waals surface area contributed by atoms with Gasteiger partial charge >= 0.3 is 0 Å². The van der Waals surface area contributed by atoms with Gasteiger partial charge in [0.05, 0.1) is 5.69 Å². The van der Waals surface area contributed by atoms with Gasteiger partial charge in [-0.2, -0.15) is 0 Å².